The second-order valence-electron chi connectivity index (χ2n) is 15.9. The van der Waals surface area contributed by atoms with Crippen LogP contribution in [0.25, 0.3) is 5.65 Å². The predicted molar refractivity (Wildman–Crippen MR) is 194 cm³/mol. The summed E-state index contributed by atoms with van der Waals surface area (Å²) in [6.45, 7) is 12.8. The number of carbonyl (C=O) groups excluding carboxylic acids is 2. The molecule has 2 aliphatic rings. The smallest absolute Gasteiger partial charge is 0.320 e. The van der Waals surface area contributed by atoms with Crippen LogP contribution in [0, 0.1) is 0 Å². The van der Waals surface area contributed by atoms with E-state index in [1.807, 2.05) is 90.1 Å². The molecule has 0 unspecified atom stereocenters. The lowest BCUT2D eigenvalue weighted by Gasteiger charge is -2.32. The summed E-state index contributed by atoms with van der Waals surface area (Å²) < 4.78 is 8.72. The van der Waals surface area contributed by atoms with Crippen molar-refractivity contribution in [1.82, 2.24) is 40.1 Å². The molecule has 3 heterocycles. The predicted octanol–water partition coefficient (Wildman–Crippen LogP) is 6.50. The van der Waals surface area contributed by atoms with Gasteiger partial charge in [-0.25, -0.2) is 14.8 Å². The Balaban J connectivity index is 1.16. The molecular formula is C38H51N9O3. The minimum absolute atomic E-state index is 0.0133. The molecule has 0 spiro atoms. The molecule has 1 aromatic carbocycles. The average molecular weight is 682 g/mol. The lowest BCUT2D eigenvalue weighted by atomic mass is 9.85. The van der Waals surface area contributed by atoms with Crippen LogP contribution in [0.5, 0.6) is 5.75 Å². The van der Waals surface area contributed by atoms with Gasteiger partial charge >= 0.3 is 6.03 Å². The van der Waals surface area contributed by atoms with Crippen molar-refractivity contribution in [3.63, 3.8) is 0 Å². The first-order chi connectivity index (χ1) is 23.6. The van der Waals surface area contributed by atoms with Crippen molar-refractivity contribution in [2.75, 3.05) is 26.0 Å². The molecule has 0 aliphatic heterocycles. The third kappa shape index (κ3) is 7.45. The Hall–Kier alpha value is -4.58. The number of nitrogens with one attached hydrogen (secondary N) is 3. The summed E-state index contributed by atoms with van der Waals surface area (Å²) in [5.41, 5.74) is 2.89. The zero-order chi connectivity index (χ0) is 35.8. The van der Waals surface area contributed by atoms with E-state index in [1.165, 1.54) is 12.8 Å². The second kappa shape index (κ2) is 13.6. The van der Waals surface area contributed by atoms with Gasteiger partial charge in [0.25, 0.3) is 5.91 Å². The van der Waals surface area contributed by atoms with E-state index in [1.54, 1.807) is 6.07 Å². The van der Waals surface area contributed by atoms with E-state index in [-0.39, 0.29) is 40.2 Å². The van der Waals surface area contributed by atoms with Crippen molar-refractivity contribution in [3.05, 3.63) is 77.1 Å². The molecule has 3 amide bonds. The van der Waals surface area contributed by atoms with Gasteiger partial charge in [0, 0.05) is 29.0 Å². The summed E-state index contributed by atoms with van der Waals surface area (Å²) in [6, 6.07) is 13.1. The largest absolute Gasteiger partial charge is 0.484 e. The Kier molecular flexibility index (Phi) is 9.60. The molecule has 50 heavy (non-hydrogen) atoms. The average Bonchev–Trinajstić information content (AvgIpc) is 3.71. The number of rotatable bonds is 9. The third-order valence-corrected chi connectivity index (χ3v) is 10.5. The normalized spacial score (nSPS) is 18.9. The highest BCUT2D eigenvalue weighted by molar-refractivity contribution is 5.92. The number of amides is 3. The van der Waals surface area contributed by atoms with Gasteiger partial charge in [0.05, 0.1) is 17.9 Å². The van der Waals surface area contributed by atoms with Gasteiger partial charge in [0.2, 0.25) is 5.82 Å². The van der Waals surface area contributed by atoms with E-state index in [0.717, 1.165) is 41.2 Å². The molecular weight excluding hydrogens is 630 g/mol. The van der Waals surface area contributed by atoms with Gasteiger partial charge in [-0.1, -0.05) is 64.8 Å². The second-order valence-corrected chi connectivity index (χ2v) is 15.9. The molecule has 0 bridgehead atoms. The molecule has 1 saturated carbocycles. The van der Waals surface area contributed by atoms with E-state index >= 15 is 0 Å². The molecule has 1 fully saturated rings. The fraction of sp³-hybridized carbons (Fsp3) is 0.526. The van der Waals surface area contributed by atoms with Gasteiger partial charge < -0.3 is 20.3 Å². The molecule has 0 radical (unpaired) electrons. The summed E-state index contributed by atoms with van der Waals surface area (Å²) in [6.07, 6.45) is 7.86. The number of benzene rings is 1. The molecule has 3 aromatic heterocycles. The van der Waals surface area contributed by atoms with Crippen LogP contribution >= 0.6 is 0 Å². The van der Waals surface area contributed by atoms with Crippen molar-refractivity contribution < 1.29 is 14.3 Å². The Bertz CT molecular complexity index is 1870. The number of anilines is 1. The van der Waals surface area contributed by atoms with E-state index in [0.29, 0.717) is 25.1 Å². The molecule has 2 atom stereocenters. The number of urea groups is 1. The van der Waals surface area contributed by atoms with Gasteiger partial charge in [-0.15, -0.1) is 10.2 Å². The van der Waals surface area contributed by atoms with Crippen molar-refractivity contribution in [2.24, 2.45) is 0 Å². The zero-order valence-corrected chi connectivity index (χ0v) is 30.6. The highest BCUT2D eigenvalue weighted by atomic mass is 16.5. The fourth-order valence-electron chi connectivity index (χ4n) is 6.76. The highest BCUT2D eigenvalue weighted by Crippen LogP contribution is 2.41. The first kappa shape index (κ1) is 35.3. The van der Waals surface area contributed by atoms with Crippen LogP contribution < -0.4 is 20.7 Å². The van der Waals surface area contributed by atoms with Gasteiger partial charge in [-0.2, -0.15) is 0 Å². The van der Waals surface area contributed by atoms with E-state index in [2.05, 4.69) is 53.5 Å². The number of pyridine rings is 1. The Morgan fingerprint density at radius 1 is 0.980 bits per heavy atom. The van der Waals surface area contributed by atoms with Crippen molar-refractivity contribution in [1.29, 1.82) is 0 Å². The Labute approximate surface area is 294 Å². The first-order valence-electron chi connectivity index (χ1n) is 17.7. The Morgan fingerprint density at radius 2 is 1.70 bits per heavy atom. The van der Waals surface area contributed by atoms with Crippen molar-refractivity contribution in [2.45, 2.75) is 109 Å². The van der Waals surface area contributed by atoms with Crippen molar-refractivity contribution in [3.8, 4) is 5.75 Å². The third-order valence-electron chi connectivity index (χ3n) is 10.5. The molecule has 266 valence electrons. The number of hydrogen-bond donors (Lipinski definition) is 3. The number of nitrogens with zero attached hydrogens (tertiary/aromatic N) is 6. The summed E-state index contributed by atoms with van der Waals surface area (Å²) in [7, 11) is 3.93. The maximum atomic E-state index is 13.5. The molecule has 2 aliphatic carbocycles. The Morgan fingerprint density at radius 3 is 2.40 bits per heavy atom. The summed E-state index contributed by atoms with van der Waals surface area (Å²) in [4.78, 5) is 37.7. The van der Waals surface area contributed by atoms with Gasteiger partial charge in [-0.05, 0) is 76.9 Å². The SMILES string of the molecule is CN(C)C(C)(C)CNC(=O)c1nc(NC(=O)N[C@H]2CC[C@@H](Oc3ccc4nnc(C5(C)CCCC5)n4c3)c3ccccc32)cc(C(C)(C)C)n1. The van der Waals surface area contributed by atoms with Crippen LogP contribution in [-0.4, -0.2) is 67.6 Å². The molecule has 6 rings (SSSR count). The lowest BCUT2D eigenvalue weighted by Crippen LogP contribution is -2.48. The molecule has 4 aromatic rings. The van der Waals surface area contributed by atoms with E-state index < -0.39 is 11.9 Å². The van der Waals surface area contributed by atoms with Crippen molar-refractivity contribution >= 4 is 23.4 Å². The summed E-state index contributed by atoms with van der Waals surface area (Å²) in [5.74, 6) is 1.63. The monoisotopic (exact) mass is 681 g/mol. The van der Waals surface area contributed by atoms with Crippen LogP contribution in [0.1, 0.15) is 125 Å². The van der Waals surface area contributed by atoms with Gasteiger partial charge in [-0.3, -0.25) is 14.5 Å². The number of hydrogen-bond acceptors (Lipinski definition) is 8. The van der Waals surface area contributed by atoms with Crippen LogP contribution in [0.2, 0.25) is 0 Å². The standard InChI is InChI=1S/C38H51N9O3/c1-36(2,3)29-21-30(42-32(41-29)33(48)39-23-37(4,5)46(7)8)43-35(49)40-27-16-17-28(26-14-10-9-13-25(26)27)50-24-15-18-31-44-45-34(47(31)22-24)38(6)19-11-12-20-38/h9-10,13-15,18,21-22,27-28H,11-12,16-17,19-20,23H2,1-8H3,(H,39,48)(H2,40,41,42,43,49)/t27-,28+/m0/s1. The number of aromatic nitrogens is 5. The van der Waals surface area contributed by atoms with Crippen LogP contribution in [0.4, 0.5) is 10.6 Å². The van der Waals surface area contributed by atoms with Crippen LogP contribution in [0.15, 0.2) is 48.7 Å². The number of carbonyl (C=O) groups is 2. The van der Waals surface area contributed by atoms with Crippen LogP contribution in [-0.2, 0) is 10.8 Å². The molecule has 3 N–H and O–H groups in total. The quantitative estimate of drug-likeness (QED) is 0.182. The number of likely N-dealkylation sites (N-methyl/N-ethyl adjacent to an activating group) is 1. The summed E-state index contributed by atoms with van der Waals surface area (Å²) in [5, 5.41) is 18.0. The summed E-state index contributed by atoms with van der Waals surface area (Å²) >= 11 is 0. The topological polar surface area (TPSA) is 139 Å². The molecule has 0 saturated heterocycles. The maximum Gasteiger partial charge on any atom is 0.320 e. The zero-order valence-electron chi connectivity index (χ0n) is 30.6. The highest BCUT2D eigenvalue weighted by Gasteiger charge is 2.35. The van der Waals surface area contributed by atoms with E-state index in [4.69, 9.17) is 4.74 Å². The fourth-order valence-corrected chi connectivity index (χ4v) is 6.76. The van der Waals surface area contributed by atoms with Gasteiger partial charge in [0.1, 0.15) is 23.5 Å². The molecule has 12 nitrogen and oxygen atoms in total. The first-order valence-corrected chi connectivity index (χ1v) is 17.7. The minimum Gasteiger partial charge on any atom is -0.484 e. The number of fused-ring (bicyclic) bond motifs is 2. The van der Waals surface area contributed by atoms with Crippen LogP contribution in [0.3, 0.4) is 0 Å². The number of ether oxygens (including phenoxy) is 1. The van der Waals surface area contributed by atoms with Gasteiger partial charge in [0.15, 0.2) is 5.65 Å². The molecule has 12 heteroatoms. The lowest BCUT2D eigenvalue weighted by molar-refractivity contribution is 0.0909. The van der Waals surface area contributed by atoms with E-state index in [9.17, 15) is 9.59 Å². The minimum atomic E-state index is -0.408. The maximum absolute atomic E-state index is 13.5.